The Morgan fingerprint density at radius 2 is 2.00 bits per heavy atom. The number of carbonyl (C=O) groups is 1. The Morgan fingerprint density at radius 1 is 1.19 bits per heavy atom. The quantitative estimate of drug-likeness (QED) is 0.857. The Kier molecular flexibility index (Phi) is 4.41. The van der Waals surface area contributed by atoms with E-state index in [1.54, 1.807) is 13.8 Å². The minimum atomic E-state index is -0.776. The second-order valence-corrected chi connectivity index (χ2v) is 7.84. The molecule has 0 saturated heterocycles. The molecule has 4 nitrogen and oxygen atoms in total. The van der Waals surface area contributed by atoms with Crippen molar-refractivity contribution in [1.82, 2.24) is 5.32 Å². The molecule has 0 amide bonds. The molecule has 0 bridgehead atoms. The number of rotatable bonds is 3. The Hall–Kier alpha value is -2.04. The Labute approximate surface area is 158 Å². The summed E-state index contributed by atoms with van der Waals surface area (Å²) >= 11 is 6.48. The molecule has 2 heterocycles. The maximum Gasteiger partial charge on any atom is 0.209 e. The van der Waals surface area contributed by atoms with Gasteiger partial charge in [0, 0.05) is 6.54 Å². The summed E-state index contributed by atoms with van der Waals surface area (Å²) < 4.78 is 5.82. The highest BCUT2D eigenvalue weighted by atomic mass is 35.5. The first-order valence-corrected chi connectivity index (χ1v) is 9.45. The largest absolute Gasteiger partial charge is 0.479 e. The minimum Gasteiger partial charge on any atom is -0.479 e. The van der Waals surface area contributed by atoms with Crippen molar-refractivity contribution in [1.29, 1.82) is 0 Å². The average Bonchev–Trinajstić information content (AvgIpc) is 2.77. The average molecular weight is 371 g/mol. The van der Waals surface area contributed by atoms with E-state index in [2.05, 4.69) is 16.7 Å². The van der Waals surface area contributed by atoms with Crippen molar-refractivity contribution in [3.8, 4) is 5.75 Å². The van der Waals surface area contributed by atoms with Gasteiger partial charge in [0.25, 0.3) is 0 Å². The van der Waals surface area contributed by atoms with Gasteiger partial charge in [-0.3, -0.25) is 4.79 Å². The molecule has 2 aromatic carbocycles. The predicted octanol–water partition coefficient (Wildman–Crippen LogP) is 3.99. The van der Waals surface area contributed by atoms with Gasteiger partial charge in [0.05, 0.1) is 16.3 Å². The molecule has 2 aliphatic heterocycles. The fourth-order valence-corrected chi connectivity index (χ4v) is 3.96. The van der Waals surface area contributed by atoms with Gasteiger partial charge in [0.2, 0.25) is 5.78 Å². The maximum atomic E-state index is 12.3. The second kappa shape index (κ2) is 6.60. The Bertz CT molecular complexity index is 877. The molecule has 5 heteroatoms. The van der Waals surface area contributed by atoms with Gasteiger partial charge < -0.3 is 15.4 Å². The van der Waals surface area contributed by atoms with Crippen molar-refractivity contribution in [2.24, 2.45) is 0 Å². The van der Waals surface area contributed by atoms with Crippen LogP contribution in [0.1, 0.15) is 40.9 Å². The number of ketones is 1. The van der Waals surface area contributed by atoms with Gasteiger partial charge in [-0.1, -0.05) is 23.7 Å². The van der Waals surface area contributed by atoms with E-state index in [1.807, 2.05) is 24.3 Å². The van der Waals surface area contributed by atoms with Gasteiger partial charge in [0.1, 0.15) is 5.75 Å². The number of fused-ring (bicyclic) bond motifs is 2. The summed E-state index contributed by atoms with van der Waals surface area (Å²) in [7, 11) is 0. The molecule has 0 fully saturated rings. The summed E-state index contributed by atoms with van der Waals surface area (Å²) in [6, 6.07) is 9.89. The molecule has 26 heavy (non-hydrogen) atoms. The molecule has 2 N–H and O–H groups in total. The number of ether oxygens (including phenoxy) is 1. The van der Waals surface area contributed by atoms with E-state index in [-0.39, 0.29) is 5.78 Å². The third kappa shape index (κ3) is 3.08. The van der Waals surface area contributed by atoms with Crippen LogP contribution in [0.25, 0.3) is 0 Å². The van der Waals surface area contributed by atoms with Gasteiger partial charge in [-0.05, 0) is 74.7 Å². The zero-order valence-electron chi connectivity index (χ0n) is 15.1. The maximum absolute atomic E-state index is 12.3. The van der Waals surface area contributed by atoms with Crippen molar-refractivity contribution in [3.63, 3.8) is 0 Å². The molecule has 0 aliphatic carbocycles. The predicted molar refractivity (Wildman–Crippen MR) is 105 cm³/mol. The molecule has 0 atom stereocenters. The lowest BCUT2D eigenvalue weighted by molar-refractivity contribution is 0.0684. The third-order valence-electron chi connectivity index (χ3n) is 5.15. The summed E-state index contributed by atoms with van der Waals surface area (Å²) in [5.74, 6) is 0.706. The highest BCUT2D eigenvalue weighted by Gasteiger charge is 2.39. The fourth-order valence-electron chi connectivity index (χ4n) is 3.72. The molecular weight excluding hydrogens is 348 g/mol. The van der Waals surface area contributed by atoms with E-state index in [9.17, 15) is 4.79 Å². The lowest BCUT2D eigenvalue weighted by Crippen LogP contribution is -2.31. The highest BCUT2D eigenvalue weighted by Crippen LogP contribution is 2.36. The molecule has 2 aromatic rings. The topological polar surface area (TPSA) is 50.4 Å². The van der Waals surface area contributed by atoms with Crippen molar-refractivity contribution in [3.05, 3.63) is 57.6 Å². The first kappa shape index (κ1) is 17.4. The number of anilines is 1. The number of halogens is 1. The van der Waals surface area contributed by atoms with Gasteiger partial charge in [0.15, 0.2) is 5.60 Å². The number of hydrogen-bond donors (Lipinski definition) is 2. The zero-order chi connectivity index (χ0) is 18.3. The van der Waals surface area contributed by atoms with Crippen molar-refractivity contribution in [2.75, 3.05) is 18.4 Å². The summed E-state index contributed by atoms with van der Waals surface area (Å²) in [6.07, 6.45) is 1.99. The van der Waals surface area contributed by atoms with E-state index >= 15 is 0 Å². The molecule has 0 radical (unpaired) electrons. The van der Waals surface area contributed by atoms with E-state index < -0.39 is 5.60 Å². The van der Waals surface area contributed by atoms with Crippen LogP contribution in [0.2, 0.25) is 5.02 Å². The normalized spacial score (nSPS) is 17.9. The minimum absolute atomic E-state index is 0.0379. The lowest BCUT2D eigenvalue weighted by atomic mass is 9.99. The van der Waals surface area contributed by atoms with Crippen LogP contribution in [-0.2, 0) is 19.4 Å². The number of hydrogen-bond acceptors (Lipinski definition) is 4. The smallest absolute Gasteiger partial charge is 0.209 e. The summed E-state index contributed by atoms with van der Waals surface area (Å²) in [4.78, 5) is 12.3. The number of carbonyl (C=O) groups excluding carboxylic acids is 1. The Morgan fingerprint density at radius 3 is 2.85 bits per heavy atom. The van der Waals surface area contributed by atoms with Crippen LogP contribution in [0.5, 0.6) is 5.75 Å². The number of nitrogens with one attached hydrogen (secondary N) is 2. The third-order valence-corrected chi connectivity index (χ3v) is 5.47. The molecule has 2 aliphatic rings. The monoisotopic (exact) mass is 370 g/mol. The van der Waals surface area contributed by atoms with Gasteiger partial charge in [-0.15, -0.1) is 0 Å². The molecule has 0 unspecified atom stereocenters. The fraction of sp³-hybridized carbons (Fsp3) is 0.381. The van der Waals surface area contributed by atoms with Crippen molar-refractivity contribution >= 4 is 23.1 Å². The van der Waals surface area contributed by atoms with Gasteiger partial charge >= 0.3 is 0 Å². The summed E-state index contributed by atoms with van der Waals surface area (Å²) in [5, 5.41) is 7.69. The molecule has 0 aromatic heterocycles. The first-order valence-electron chi connectivity index (χ1n) is 9.07. The van der Waals surface area contributed by atoms with Crippen molar-refractivity contribution in [2.45, 2.75) is 38.8 Å². The van der Waals surface area contributed by atoms with Crippen LogP contribution in [0.4, 0.5) is 5.69 Å². The second-order valence-electron chi connectivity index (χ2n) is 7.44. The molecule has 0 spiro atoms. The first-order chi connectivity index (χ1) is 12.5. The zero-order valence-corrected chi connectivity index (χ0v) is 15.9. The summed E-state index contributed by atoms with van der Waals surface area (Å²) in [6.45, 7) is 6.21. The molecule has 0 saturated carbocycles. The van der Waals surface area contributed by atoms with Crippen LogP contribution in [0, 0.1) is 0 Å². The van der Waals surface area contributed by atoms with Crippen LogP contribution >= 0.6 is 11.6 Å². The van der Waals surface area contributed by atoms with Crippen molar-refractivity contribution < 1.29 is 9.53 Å². The summed E-state index contributed by atoms with van der Waals surface area (Å²) in [5.41, 5.74) is 4.63. The van der Waals surface area contributed by atoms with Crippen LogP contribution < -0.4 is 15.4 Å². The van der Waals surface area contributed by atoms with Gasteiger partial charge in [-0.25, -0.2) is 0 Å². The lowest BCUT2D eigenvalue weighted by Gasteiger charge is -2.17. The van der Waals surface area contributed by atoms with Crippen LogP contribution in [0.15, 0.2) is 30.3 Å². The molecular formula is C21H23ClN2O2. The van der Waals surface area contributed by atoms with Crippen LogP contribution in [-0.4, -0.2) is 24.5 Å². The number of Topliss-reactive ketones (excluding diaryl/α,β-unsaturated/α-hetero) is 1. The molecule has 4 rings (SSSR count). The highest BCUT2D eigenvalue weighted by molar-refractivity contribution is 6.33. The SMILES string of the molecule is CC1(C)Oc2cc(CNc3c(Cl)ccc4c3CCNCC4)ccc2C1=O. The standard InChI is InChI=1S/C21H23ClN2O2/c1-21(2)20(25)16-5-3-13(11-18(16)26-21)12-24-19-15-8-10-23-9-7-14(15)4-6-17(19)22/h3-6,11,23-24H,7-10,12H2,1-2H3. The molecule has 136 valence electrons. The number of benzene rings is 2. The van der Waals surface area contributed by atoms with E-state index in [0.29, 0.717) is 17.9 Å². The van der Waals surface area contributed by atoms with E-state index in [1.165, 1.54) is 11.1 Å². The van der Waals surface area contributed by atoms with Gasteiger partial charge in [-0.2, -0.15) is 0 Å². The Balaban J connectivity index is 1.57. The van der Waals surface area contributed by atoms with Crippen LogP contribution in [0.3, 0.4) is 0 Å². The van der Waals surface area contributed by atoms with E-state index in [0.717, 1.165) is 42.2 Å². The van der Waals surface area contributed by atoms with E-state index in [4.69, 9.17) is 16.3 Å².